The van der Waals surface area contributed by atoms with E-state index in [0.29, 0.717) is 5.02 Å². The topological polar surface area (TPSA) is 27.1 Å². The Balaban J connectivity index is 2.08. The van der Waals surface area contributed by atoms with Gasteiger partial charge in [0.15, 0.2) is 0 Å². The maximum atomic E-state index is 6.16. The highest BCUT2D eigenvalue weighted by Gasteiger charge is 2.18. The number of nitrogens with zero attached hydrogens (tertiary/aromatic N) is 1. The van der Waals surface area contributed by atoms with Crippen LogP contribution in [0.5, 0.6) is 0 Å². The SMILES string of the molecule is Clc1ccccc1[N+]1=Cc2ccccc2NN1. The average Bonchev–Trinajstić information content (AvgIpc) is 2.39. The van der Waals surface area contributed by atoms with E-state index < -0.39 is 0 Å². The smallest absolute Gasteiger partial charge is 0.252 e. The molecule has 2 aromatic carbocycles. The van der Waals surface area contributed by atoms with E-state index in [0.717, 1.165) is 16.9 Å². The van der Waals surface area contributed by atoms with Crippen LogP contribution >= 0.6 is 11.6 Å². The molecule has 0 amide bonds. The van der Waals surface area contributed by atoms with Crippen LogP contribution in [0.15, 0.2) is 48.5 Å². The number of halogens is 1. The van der Waals surface area contributed by atoms with Crippen LogP contribution < -0.4 is 11.0 Å². The molecule has 2 N–H and O–H groups in total. The summed E-state index contributed by atoms with van der Waals surface area (Å²) in [6, 6.07) is 15.8. The summed E-state index contributed by atoms with van der Waals surface area (Å²) in [4.78, 5) is 0. The molecule has 0 unspecified atom stereocenters. The van der Waals surface area contributed by atoms with Gasteiger partial charge in [0.25, 0.3) is 5.69 Å². The highest BCUT2D eigenvalue weighted by atomic mass is 35.5. The second-order valence-electron chi connectivity index (χ2n) is 3.77. The van der Waals surface area contributed by atoms with E-state index in [1.165, 1.54) is 0 Å². The molecular weight excluding hydrogens is 234 g/mol. The molecule has 0 aromatic heterocycles. The minimum atomic E-state index is 0.706. The van der Waals surface area contributed by atoms with Crippen molar-refractivity contribution in [2.45, 2.75) is 0 Å². The zero-order chi connectivity index (χ0) is 11.7. The Labute approximate surface area is 104 Å². The molecular formula is C13H11ClN3+. The van der Waals surface area contributed by atoms with E-state index in [-0.39, 0.29) is 0 Å². The molecule has 17 heavy (non-hydrogen) atoms. The van der Waals surface area contributed by atoms with Gasteiger partial charge in [-0.15, -0.1) is 0 Å². The van der Waals surface area contributed by atoms with Gasteiger partial charge in [-0.3, -0.25) is 5.43 Å². The van der Waals surface area contributed by atoms with Crippen LogP contribution in [-0.2, 0) is 0 Å². The van der Waals surface area contributed by atoms with Crippen molar-refractivity contribution < 1.29 is 4.68 Å². The number of hydrogen-bond donors (Lipinski definition) is 2. The second-order valence-corrected chi connectivity index (χ2v) is 4.18. The number of rotatable bonds is 1. The van der Waals surface area contributed by atoms with Crippen LogP contribution in [0.1, 0.15) is 5.56 Å². The van der Waals surface area contributed by atoms with Gasteiger partial charge in [0.1, 0.15) is 5.02 Å². The summed E-state index contributed by atoms with van der Waals surface area (Å²) in [5.41, 5.74) is 9.28. The number of fused-ring (bicyclic) bond motifs is 1. The van der Waals surface area contributed by atoms with Crippen LogP contribution in [0.3, 0.4) is 0 Å². The summed E-state index contributed by atoms with van der Waals surface area (Å²) in [6.45, 7) is 0. The molecule has 0 fully saturated rings. The third kappa shape index (κ3) is 1.85. The highest BCUT2D eigenvalue weighted by Crippen LogP contribution is 2.24. The van der Waals surface area contributed by atoms with E-state index >= 15 is 0 Å². The fraction of sp³-hybridized carbons (Fsp3) is 0. The molecule has 0 aliphatic carbocycles. The van der Waals surface area contributed by atoms with Crippen molar-refractivity contribution in [3.8, 4) is 0 Å². The van der Waals surface area contributed by atoms with E-state index in [1.807, 2.05) is 59.4 Å². The van der Waals surface area contributed by atoms with Crippen molar-refractivity contribution in [1.82, 2.24) is 5.53 Å². The molecule has 0 spiro atoms. The lowest BCUT2D eigenvalue weighted by molar-refractivity contribution is -0.497. The van der Waals surface area contributed by atoms with Crippen molar-refractivity contribution in [2.75, 3.05) is 5.43 Å². The number of para-hydroxylation sites is 2. The van der Waals surface area contributed by atoms with Gasteiger partial charge in [-0.25, -0.2) is 0 Å². The van der Waals surface area contributed by atoms with Gasteiger partial charge in [0.05, 0.1) is 11.3 Å². The summed E-state index contributed by atoms with van der Waals surface area (Å²) >= 11 is 6.16. The highest BCUT2D eigenvalue weighted by molar-refractivity contribution is 6.32. The van der Waals surface area contributed by atoms with Gasteiger partial charge in [0.2, 0.25) is 6.21 Å². The predicted molar refractivity (Wildman–Crippen MR) is 69.7 cm³/mol. The fourth-order valence-electron chi connectivity index (χ4n) is 1.79. The molecule has 1 aliphatic heterocycles. The lowest BCUT2D eigenvalue weighted by Crippen LogP contribution is -2.35. The quantitative estimate of drug-likeness (QED) is 0.755. The van der Waals surface area contributed by atoms with Crippen molar-refractivity contribution in [2.24, 2.45) is 0 Å². The van der Waals surface area contributed by atoms with Crippen molar-refractivity contribution in [3.05, 3.63) is 59.1 Å². The average molecular weight is 245 g/mol. The first-order chi connectivity index (χ1) is 8.34. The second kappa shape index (κ2) is 4.11. The molecule has 3 rings (SSSR count). The molecule has 0 saturated heterocycles. The molecule has 0 radical (unpaired) electrons. The summed E-state index contributed by atoms with van der Waals surface area (Å²) in [7, 11) is 0. The van der Waals surface area contributed by atoms with Crippen LogP contribution in [0.25, 0.3) is 0 Å². The molecule has 1 aliphatic rings. The Hall–Kier alpha value is -2.00. The predicted octanol–water partition coefficient (Wildman–Crippen LogP) is 2.95. The van der Waals surface area contributed by atoms with E-state index in [9.17, 15) is 0 Å². The summed E-state index contributed by atoms with van der Waals surface area (Å²) in [5, 5.41) is 0.706. The maximum absolute atomic E-state index is 6.16. The minimum Gasteiger partial charge on any atom is -0.252 e. The zero-order valence-electron chi connectivity index (χ0n) is 9.02. The third-order valence-corrected chi connectivity index (χ3v) is 2.97. The third-order valence-electron chi connectivity index (χ3n) is 2.65. The van der Waals surface area contributed by atoms with Crippen LogP contribution in [0, 0.1) is 0 Å². The number of hydrazine groups is 2. The molecule has 1 heterocycles. The monoisotopic (exact) mass is 244 g/mol. The lowest BCUT2D eigenvalue weighted by Gasteiger charge is -2.14. The van der Waals surface area contributed by atoms with Crippen LogP contribution in [0.4, 0.5) is 11.4 Å². The number of benzene rings is 2. The molecule has 2 aromatic rings. The molecule has 0 bridgehead atoms. The number of hydrazone groups is 1. The molecule has 3 nitrogen and oxygen atoms in total. The Morgan fingerprint density at radius 2 is 1.71 bits per heavy atom. The van der Waals surface area contributed by atoms with Crippen molar-refractivity contribution in [1.29, 1.82) is 0 Å². The summed E-state index contributed by atoms with van der Waals surface area (Å²) < 4.78 is 1.87. The Morgan fingerprint density at radius 3 is 2.59 bits per heavy atom. The number of hydrogen-bond acceptors (Lipinski definition) is 2. The Kier molecular flexibility index (Phi) is 2.46. The van der Waals surface area contributed by atoms with Gasteiger partial charge in [0, 0.05) is 6.07 Å². The van der Waals surface area contributed by atoms with Gasteiger partial charge in [-0.05, 0) is 18.2 Å². The first kappa shape index (κ1) is 10.2. The Bertz CT molecular complexity index is 593. The molecule has 0 saturated carbocycles. The maximum Gasteiger partial charge on any atom is 0.255 e. The van der Waals surface area contributed by atoms with Gasteiger partial charge in [-0.1, -0.05) is 46.1 Å². The minimum absolute atomic E-state index is 0.706. The zero-order valence-corrected chi connectivity index (χ0v) is 9.78. The molecule has 84 valence electrons. The normalized spacial score (nSPS) is 13.1. The van der Waals surface area contributed by atoms with Crippen LogP contribution in [0.2, 0.25) is 5.02 Å². The van der Waals surface area contributed by atoms with Gasteiger partial charge in [-0.2, -0.15) is 0 Å². The van der Waals surface area contributed by atoms with E-state index in [2.05, 4.69) is 11.0 Å². The molecule has 0 atom stereocenters. The number of anilines is 1. The summed E-state index contributed by atoms with van der Waals surface area (Å²) in [5.74, 6) is 0. The number of nitrogens with one attached hydrogen (secondary N) is 2. The fourth-order valence-corrected chi connectivity index (χ4v) is 2.02. The lowest BCUT2D eigenvalue weighted by atomic mass is 10.2. The van der Waals surface area contributed by atoms with E-state index in [1.54, 1.807) is 0 Å². The first-order valence-corrected chi connectivity index (χ1v) is 5.72. The van der Waals surface area contributed by atoms with Gasteiger partial charge < -0.3 is 0 Å². The largest absolute Gasteiger partial charge is 0.255 e. The van der Waals surface area contributed by atoms with E-state index in [4.69, 9.17) is 11.6 Å². The standard InChI is InChI=1S/C13H10ClN3/c14-11-6-2-4-8-13(11)17-9-10-5-1-3-7-12(10)15-16-17/h1-9,16H/p+1. The van der Waals surface area contributed by atoms with Crippen molar-refractivity contribution >= 4 is 29.2 Å². The van der Waals surface area contributed by atoms with Crippen LogP contribution in [-0.4, -0.2) is 10.9 Å². The Morgan fingerprint density at radius 1 is 0.941 bits per heavy atom. The molecule has 4 heteroatoms. The van der Waals surface area contributed by atoms with Gasteiger partial charge >= 0.3 is 0 Å². The summed E-state index contributed by atoms with van der Waals surface area (Å²) in [6.07, 6.45) is 2.01. The first-order valence-electron chi connectivity index (χ1n) is 5.34. The van der Waals surface area contributed by atoms with Crippen molar-refractivity contribution in [3.63, 3.8) is 0 Å².